The minimum Gasteiger partial charge on any atom is -0.464 e. The highest BCUT2D eigenvalue weighted by Crippen LogP contribution is 2.50. The smallest absolute Gasteiger partial charge is 0.407 e. The number of hydrogen-bond acceptors (Lipinski definition) is 11. The third-order valence-electron chi connectivity index (χ3n) is 15.3. The van der Waals surface area contributed by atoms with Crippen molar-refractivity contribution in [3.8, 4) is 39.5 Å². The molecule has 0 radical (unpaired) electrons. The number of aromatic amines is 2. The van der Waals surface area contributed by atoms with Gasteiger partial charge in [-0.1, -0.05) is 19.9 Å². The van der Waals surface area contributed by atoms with Gasteiger partial charge in [-0.3, -0.25) is 14.2 Å². The number of carbonyl (C=O) groups excluding carboxylic acids is 4. The lowest BCUT2D eigenvalue weighted by molar-refractivity contribution is -0.139. The van der Waals surface area contributed by atoms with Crippen LogP contribution in [0.4, 0.5) is 14.0 Å². The molecule has 4 amide bonds. The molecule has 4 fully saturated rings. The second-order valence-corrected chi connectivity index (χ2v) is 22.2. The number of H-pyrrole nitrogens is 2. The molecule has 0 unspecified atom stereocenters. The molecule has 0 spiro atoms. The Balaban J connectivity index is 0.893. The summed E-state index contributed by atoms with van der Waals surface area (Å²) in [5.41, 5.74) is 4.25. The molecule has 8 heterocycles. The largest absolute Gasteiger partial charge is 0.464 e. The van der Waals surface area contributed by atoms with Crippen LogP contribution in [0.5, 0.6) is 5.75 Å². The number of fused-ring (bicyclic) bond motifs is 5. The van der Waals surface area contributed by atoms with Crippen molar-refractivity contribution in [3.05, 3.63) is 88.1 Å². The van der Waals surface area contributed by atoms with Crippen LogP contribution >= 0.6 is 11.3 Å². The fourth-order valence-electron chi connectivity index (χ4n) is 11.5. The third kappa shape index (κ3) is 9.23. The van der Waals surface area contributed by atoms with Crippen LogP contribution in [0.15, 0.2) is 60.9 Å². The van der Waals surface area contributed by atoms with E-state index in [0.29, 0.717) is 91.2 Å². The first-order valence-electron chi connectivity index (χ1n) is 25.5. The van der Waals surface area contributed by atoms with E-state index in [1.54, 1.807) is 28.6 Å². The molecule has 5 aliphatic rings. The number of benzene rings is 2. The van der Waals surface area contributed by atoms with Gasteiger partial charge in [0.15, 0.2) is 0 Å². The molecule has 4 N–H and O–H groups in total. The van der Waals surface area contributed by atoms with Crippen molar-refractivity contribution >= 4 is 46.2 Å². The number of carbonyl (C=O) groups is 4. The van der Waals surface area contributed by atoms with Crippen LogP contribution in [-0.4, -0.2) is 110 Å². The van der Waals surface area contributed by atoms with Crippen LogP contribution in [0.2, 0.25) is 0 Å². The Hall–Kier alpha value is -6.73. The van der Waals surface area contributed by atoms with Crippen molar-refractivity contribution < 1.29 is 42.5 Å². The number of methoxy groups -OCH3 is 2. The van der Waals surface area contributed by atoms with Gasteiger partial charge < -0.3 is 49.3 Å². The van der Waals surface area contributed by atoms with Crippen molar-refractivity contribution in [1.82, 2.24) is 44.9 Å². The van der Waals surface area contributed by atoms with E-state index in [1.807, 2.05) is 56.9 Å². The lowest BCUT2D eigenvalue weighted by atomic mass is 9.82. The molecule has 4 aliphatic heterocycles. The normalized spacial score (nSPS) is 22.1. The number of thiophene rings is 1. The molecule has 6 aromatic rings. The Morgan fingerprint density at radius 2 is 1.47 bits per heavy atom. The zero-order valence-electron chi connectivity index (χ0n) is 42.0. The highest BCUT2D eigenvalue weighted by Gasteiger charge is 2.44. The number of amides is 4. The SMILES string of the molecule is COC(=O)N[C@H](C(=O)N1CCC[C@H]1c1ncc(-c2cc(F)c3c(c2)O[C@@H](c2ccc(C4CC4)s2)n2c-3cc3cc(-c4cnc([C@@H]5CCCN5C(=O)[C@@H](NC(=O)OC)[C@@H]5CCOC(C)(C)C5)[nH]4)ccc32)[nH]1)C(C)C. The molecular weight excluding hydrogens is 954 g/mol. The number of alkyl carbamates (subject to hydrolysis) is 2. The van der Waals surface area contributed by atoms with Crippen LogP contribution in [0.25, 0.3) is 44.7 Å². The first-order chi connectivity index (χ1) is 35.2. The fourth-order valence-corrected chi connectivity index (χ4v) is 12.7. The van der Waals surface area contributed by atoms with Crippen LogP contribution in [-0.2, 0) is 23.8 Å². The highest BCUT2D eigenvalue weighted by molar-refractivity contribution is 7.12. The summed E-state index contributed by atoms with van der Waals surface area (Å²) in [5.74, 6) is 1.06. The molecule has 4 aromatic heterocycles. The third-order valence-corrected chi connectivity index (χ3v) is 16.6. The van der Waals surface area contributed by atoms with Gasteiger partial charge in [-0.2, -0.15) is 0 Å². The maximum Gasteiger partial charge on any atom is 0.407 e. The Morgan fingerprint density at radius 3 is 2.12 bits per heavy atom. The zero-order valence-corrected chi connectivity index (χ0v) is 42.8. The average molecular weight is 1020 g/mol. The Labute approximate surface area is 426 Å². The number of likely N-dealkylation sites (tertiary alicyclic amines) is 2. The monoisotopic (exact) mass is 1020 g/mol. The van der Waals surface area contributed by atoms with Crippen molar-refractivity contribution in [2.45, 2.75) is 121 Å². The highest BCUT2D eigenvalue weighted by atomic mass is 32.1. The summed E-state index contributed by atoms with van der Waals surface area (Å²) in [6.07, 6.45) is 8.09. The average Bonchev–Trinajstić information content (AvgIpc) is 4.10. The molecule has 384 valence electrons. The summed E-state index contributed by atoms with van der Waals surface area (Å²) in [7, 11) is 2.57. The lowest BCUT2D eigenvalue weighted by Gasteiger charge is -2.40. The molecule has 0 bridgehead atoms. The lowest BCUT2D eigenvalue weighted by Crippen LogP contribution is -2.54. The molecule has 1 saturated carbocycles. The van der Waals surface area contributed by atoms with Gasteiger partial charge in [0.1, 0.15) is 35.3 Å². The van der Waals surface area contributed by atoms with E-state index in [2.05, 4.69) is 43.4 Å². The Kier molecular flexibility index (Phi) is 12.8. The summed E-state index contributed by atoms with van der Waals surface area (Å²) < 4.78 is 41.7. The first kappa shape index (κ1) is 48.5. The van der Waals surface area contributed by atoms with Gasteiger partial charge in [0.25, 0.3) is 0 Å². The molecule has 2 aromatic carbocycles. The maximum atomic E-state index is 17.0. The number of rotatable bonds is 12. The maximum absolute atomic E-state index is 17.0. The Morgan fingerprint density at radius 1 is 0.808 bits per heavy atom. The van der Waals surface area contributed by atoms with Crippen molar-refractivity contribution in [1.29, 1.82) is 0 Å². The Bertz CT molecular complexity index is 3100. The molecule has 1 aliphatic carbocycles. The van der Waals surface area contributed by atoms with Gasteiger partial charge in [0, 0.05) is 41.1 Å². The predicted octanol–water partition coefficient (Wildman–Crippen LogP) is 9.74. The molecule has 73 heavy (non-hydrogen) atoms. The summed E-state index contributed by atoms with van der Waals surface area (Å²) in [6.45, 7) is 9.30. The van der Waals surface area contributed by atoms with Gasteiger partial charge in [-0.25, -0.2) is 23.9 Å². The van der Waals surface area contributed by atoms with Crippen LogP contribution in [0.3, 0.4) is 0 Å². The standard InChI is InChI=1S/C54H62FN9O8S/c1-28(2)45(60-52(67)69-5)49(65)62-18-7-9-38(62)48-57-27-36(59-48)32-22-34(55)44-40-23-33-21-30(13-14-37(33)64(40)51(72-41(44)24-32)43-16-15-42(73-43)29-11-12-29)35-26-56-47(58-35)39-10-8-19-63(39)50(66)46(61-53(68)70-6)31-17-20-71-54(3,4)25-31/h13-16,21-24,26-29,31,38-39,45-46,51H,7-12,17-20,25H2,1-6H3,(H,56,58)(H,57,59)(H,60,67)(H,61,68)/t31-,38+,39+,45+,46+,51+/m1/s1. The fraction of sp³-hybridized carbons (Fsp3) is 0.481. The van der Waals surface area contributed by atoms with Crippen LogP contribution < -0.4 is 15.4 Å². The first-order valence-corrected chi connectivity index (χ1v) is 26.3. The second kappa shape index (κ2) is 19.3. The molecule has 19 heteroatoms. The number of nitrogens with one attached hydrogen (secondary N) is 4. The predicted molar refractivity (Wildman–Crippen MR) is 271 cm³/mol. The number of ether oxygens (including phenoxy) is 4. The molecule has 6 atom stereocenters. The number of halogens is 1. The molecule has 17 nitrogen and oxygen atoms in total. The number of aromatic nitrogens is 5. The quantitative estimate of drug-likeness (QED) is 0.0916. The van der Waals surface area contributed by atoms with Crippen molar-refractivity contribution in [2.24, 2.45) is 11.8 Å². The second-order valence-electron chi connectivity index (χ2n) is 21.1. The summed E-state index contributed by atoms with van der Waals surface area (Å²) in [5, 5.41) is 6.44. The van der Waals surface area contributed by atoms with Crippen LogP contribution in [0.1, 0.15) is 125 Å². The van der Waals surface area contributed by atoms with Crippen molar-refractivity contribution in [2.75, 3.05) is 33.9 Å². The van der Waals surface area contributed by atoms with Gasteiger partial charge in [0.05, 0.1) is 77.3 Å². The van der Waals surface area contributed by atoms with E-state index in [0.717, 1.165) is 52.7 Å². The van der Waals surface area contributed by atoms with Crippen LogP contribution in [0, 0.1) is 17.7 Å². The number of nitrogens with zero attached hydrogens (tertiary/aromatic N) is 5. The molecule has 11 rings (SSSR count). The van der Waals surface area contributed by atoms with Gasteiger partial charge in [-0.15, -0.1) is 11.3 Å². The van der Waals surface area contributed by atoms with E-state index in [-0.39, 0.29) is 35.7 Å². The minimum atomic E-state index is -0.773. The molecular formula is C54H62FN9O8S. The van der Waals surface area contributed by atoms with Gasteiger partial charge >= 0.3 is 12.2 Å². The van der Waals surface area contributed by atoms with Gasteiger partial charge in [-0.05, 0) is 125 Å². The summed E-state index contributed by atoms with van der Waals surface area (Å²) in [6, 6.07) is 13.6. The van der Waals surface area contributed by atoms with E-state index in [9.17, 15) is 19.2 Å². The topological polar surface area (TPSA) is 198 Å². The van der Waals surface area contributed by atoms with E-state index in [4.69, 9.17) is 28.9 Å². The van der Waals surface area contributed by atoms with Gasteiger partial charge in [0.2, 0.25) is 18.0 Å². The molecule has 3 saturated heterocycles. The van der Waals surface area contributed by atoms with E-state index < -0.39 is 41.9 Å². The number of imidazole rings is 2. The summed E-state index contributed by atoms with van der Waals surface area (Å²) >= 11 is 1.73. The number of hydrogen-bond donors (Lipinski definition) is 4. The minimum absolute atomic E-state index is 0.127. The van der Waals surface area contributed by atoms with E-state index in [1.165, 1.54) is 25.2 Å². The zero-order chi connectivity index (χ0) is 50.9. The van der Waals surface area contributed by atoms with E-state index >= 15 is 4.39 Å². The van der Waals surface area contributed by atoms with Crippen molar-refractivity contribution in [3.63, 3.8) is 0 Å². The summed E-state index contributed by atoms with van der Waals surface area (Å²) in [4.78, 5) is 75.4.